The molecule has 3 rings (SSSR count). The maximum atomic E-state index is 12.0. The molecular formula is C14H14N2O2S. The van der Waals surface area contributed by atoms with Crippen LogP contribution in [0.4, 0.5) is 0 Å². The normalized spacial score (nSPS) is 16.8. The molecule has 1 atom stereocenters. The van der Waals surface area contributed by atoms with Crippen molar-refractivity contribution in [1.29, 1.82) is 0 Å². The van der Waals surface area contributed by atoms with Gasteiger partial charge in [-0.1, -0.05) is 18.2 Å². The number of hydrogen-bond acceptors (Lipinski definition) is 4. The summed E-state index contributed by atoms with van der Waals surface area (Å²) in [5.74, 6) is 1.11. The monoisotopic (exact) mass is 274 g/mol. The van der Waals surface area contributed by atoms with E-state index >= 15 is 0 Å². The molecule has 2 heterocycles. The van der Waals surface area contributed by atoms with Gasteiger partial charge in [0.1, 0.15) is 10.6 Å². The Morgan fingerprint density at radius 2 is 2.37 bits per heavy atom. The lowest BCUT2D eigenvalue weighted by Crippen LogP contribution is -2.28. The first kappa shape index (κ1) is 12.2. The van der Waals surface area contributed by atoms with Crippen molar-refractivity contribution in [2.75, 3.05) is 13.2 Å². The number of benzene rings is 1. The minimum absolute atomic E-state index is 0.0515. The number of aromatic nitrogens is 1. The number of amides is 1. The Bertz CT molecular complexity index is 609. The summed E-state index contributed by atoms with van der Waals surface area (Å²) in [5.41, 5.74) is 3.65. The number of hydrogen-bond donors (Lipinski definition) is 1. The Kier molecular flexibility index (Phi) is 3.21. The van der Waals surface area contributed by atoms with Crippen molar-refractivity contribution in [3.8, 4) is 5.75 Å². The fourth-order valence-corrected chi connectivity index (χ4v) is 2.93. The zero-order valence-corrected chi connectivity index (χ0v) is 11.4. The molecule has 98 valence electrons. The van der Waals surface area contributed by atoms with Gasteiger partial charge in [-0.15, -0.1) is 11.3 Å². The van der Waals surface area contributed by atoms with Crippen molar-refractivity contribution in [3.63, 3.8) is 0 Å². The molecule has 1 aromatic heterocycles. The fraction of sp³-hybridized carbons (Fsp3) is 0.286. The van der Waals surface area contributed by atoms with Crippen molar-refractivity contribution in [2.24, 2.45) is 0 Å². The Morgan fingerprint density at radius 1 is 1.53 bits per heavy atom. The van der Waals surface area contributed by atoms with Gasteiger partial charge in [0.05, 0.1) is 17.8 Å². The highest BCUT2D eigenvalue weighted by Gasteiger charge is 2.24. The lowest BCUT2D eigenvalue weighted by atomic mass is 10.0. The molecule has 0 aliphatic carbocycles. The highest BCUT2D eigenvalue weighted by atomic mass is 32.1. The Hall–Kier alpha value is -1.88. The summed E-state index contributed by atoms with van der Waals surface area (Å²) in [6.45, 7) is 3.06. The van der Waals surface area contributed by atoms with E-state index in [2.05, 4.69) is 16.4 Å². The first-order valence-electron chi connectivity index (χ1n) is 6.15. The second-order valence-electron chi connectivity index (χ2n) is 4.52. The molecular weight excluding hydrogens is 260 g/mol. The fourth-order valence-electron chi connectivity index (χ4n) is 2.21. The summed E-state index contributed by atoms with van der Waals surface area (Å²) in [4.78, 5) is 16.8. The lowest BCUT2D eigenvalue weighted by Gasteiger charge is -2.10. The number of nitrogens with one attached hydrogen (secondary N) is 1. The molecule has 0 saturated heterocycles. The number of para-hydroxylation sites is 1. The van der Waals surface area contributed by atoms with Gasteiger partial charge in [-0.3, -0.25) is 4.79 Å². The molecule has 0 bridgehead atoms. The maximum absolute atomic E-state index is 12.0. The molecule has 1 aromatic carbocycles. The van der Waals surface area contributed by atoms with Gasteiger partial charge >= 0.3 is 0 Å². The zero-order chi connectivity index (χ0) is 13.2. The van der Waals surface area contributed by atoms with Gasteiger partial charge in [-0.05, 0) is 13.0 Å². The maximum Gasteiger partial charge on any atom is 0.263 e. The minimum Gasteiger partial charge on any atom is -0.493 e. The molecule has 0 saturated carbocycles. The second kappa shape index (κ2) is 5.01. The second-order valence-corrected chi connectivity index (χ2v) is 5.38. The van der Waals surface area contributed by atoms with E-state index in [4.69, 9.17) is 4.74 Å². The average Bonchev–Trinajstić information content (AvgIpc) is 3.02. The molecule has 0 spiro atoms. The van der Waals surface area contributed by atoms with Crippen LogP contribution in [-0.4, -0.2) is 24.0 Å². The van der Waals surface area contributed by atoms with E-state index in [9.17, 15) is 4.79 Å². The zero-order valence-electron chi connectivity index (χ0n) is 10.6. The number of rotatable bonds is 3. The van der Waals surface area contributed by atoms with Gasteiger partial charge < -0.3 is 10.1 Å². The van der Waals surface area contributed by atoms with Crippen molar-refractivity contribution >= 4 is 17.2 Å². The lowest BCUT2D eigenvalue weighted by molar-refractivity contribution is 0.0953. The van der Waals surface area contributed by atoms with E-state index in [1.165, 1.54) is 16.9 Å². The van der Waals surface area contributed by atoms with Crippen LogP contribution in [0.25, 0.3) is 0 Å². The molecule has 0 unspecified atom stereocenters. The predicted octanol–water partition coefficient (Wildman–Crippen LogP) is 2.36. The molecule has 1 amide bonds. The van der Waals surface area contributed by atoms with E-state index in [-0.39, 0.29) is 11.8 Å². The Morgan fingerprint density at radius 3 is 3.16 bits per heavy atom. The van der Waals surface area contributed by atoms with Gasteiger partial charge in [0.25, 0.3) is 5.91 Å². The largest absolute Gasteiger partial charge is 0.493 e. The summed E-state index contributed by atoms with van der Waals surface area (Å²) in [5, 5.41) is 2.96. The van der Waals surface area contributed by atoms with Crippen LogP contribution in [0.15, 0.2) is 29.8 Å². The SMILES string of the molecule is Cc1ncsc1C(=O)NC[C@@H]1COc2ccccc21. The third-order valence-corrected chi connectivity index (χ3v) is 4.19. The van der Waals surface area contributed by atoms with Gasteiger partial charge in [0, 0.05) is 18.0 Å². The average molecular weight is 274 g/mol. The summed E-state index contributed by atoms with van der Waals surface area (Å²) in [6.07, 6.45) is 0. The van der Waals surface area contributed by atoms with Crippen LogP contribution in [0.1, 0.15) is 26.8 Å². The third kappa shape index (κ3) is 2.33. The van der Waals surface area contributed by atoms with Crippen molar-refractivity contribution in [3.05, 3.63) is 45.9 Å². The molecule has 4 nitrogen and oxygen atoms in total. The van der Waals surface area contributed by atoms with Crippen molar-refractivity contribution in [2.45, 2.75) is 12.8 Å². The van der Waals surface area contributed by atoms with Crippen LogP contribution in [0.3, 0.4) is 0 Å². The smallest absolute Gasteiger partial charge is 0.263 e. The molecule has 19 heavy (non-hydrogen) atoms. The summed E-state index contributed by atoms with van der Waals surface area (Å²) in [6, 6.07) is 7.97. The molecule has 5 heteroatoms. The summed E-state index contributed by atoms with van der Waals surface area (Å²) < 4.78 is 5.60. The van der Waals surface area contributed by atoms with E-state index in [1.54, 1.807) is 5.51 Å². The quantitative estimate of drug-likeness (QED) is 0.934. The molecule has 1 N–H and O–H groups in total. The number of aryl methyl sites for hydroxylation is 1. The first-order valence-corrected chi connectivity index (χ1v) is 7.03. The predicted molar refractivity (Wildman–Crippen MR) is 73.9 cm³/mol. The van der Waals surface area contributed by atoms with Crippen LogP contribution in [0.2, 0.25) is 0 Å². The molecule has 0 fully saturated rings. The van der Waals surface area contributed by atoms with Crippen molar-refractivity contribution < 1.29 is 9.53 Å². The van der Waals surface area contributed by atoms with Gasteiger partial charge in [0.2, 0.25) is 0 Å². The minimum atomic E-state index is -0.0515. The molecule has 2 aromatic rings. The van der Waals surface area contributed by atoms with Gasteiger partial charge in [-0.25, -0.2) is 4.98 Å². The van der Waals surface area contributed by atoms with E-state index in [1.807, 2.05) is 25.1 Å². The van der Waals surface area contributed by atoms with E-state index in [0.717, 1.165) is 11.4 Å². The van der Waals surface area contributed by atoms with Crippen LogP contribution in [-0.2, 0) is 0 Å². The van der Waals surface area contributed by atoms with E-state index in [0.29, 0.717) is 18.0 Å². The summed E-state index contributed by atoms with van der Waals surface area (Å²) in [7, 11) is 0. The Balaban J connectivity index is 1.65. The number of ether oxygens (including phenoxy) is 1. The third-order valence-electron chi connectivity index (χ3n) is 3.26. The highest BCUT2D eigenvalue weighted by molar-refractivity contribution is 7.11. The Labute approximate surface area is 115 Å². The first-order chi connectivity index (χ1) is 9.25. The highest BCUT2D eigenvalue weighted by Crippen LogP contribution is 2.32. The molecule has 1 aliphatic rings. The van der Waals surface area contributed by atoms with Crippen LogP contribution < -0.4 is 10.1 Å². The van der Waals surface area contributed by atoms with Crippen LogP contribution in [0.5, 0.6) is 5.75 Å². The summed E-state index contributed by atoms with van der Waals surface area (Å²) >= 11 is 1.37. The van der Waals surface area contributed by atoms with E-state index < -0.39 is 0 Å². The standard InChI is InChI=1S/C14H14N2O2S/c1-9-13(19-8-16-9)14(17)15-6-10-7-18-12-5-3-2-4-11(10)12/h2-5,8,10H,6-7H2,1H3,(H,15,17)/t10-/m1/s1. The number of thiazole rings is 1. The number of nitrogens with zero attached hydrogens (tertiary/aromatic N) is 1. The molecule has 1 aliphatic heterocycles. The topological polar surface area (TPSA) is 51.2 Å². The van der Waals surface area contributed by atoms with Crippen LogP contribution >= 0.6 is 11.3 Å². The van der Waals surface area contributed by atoms with Gasteiger partial charge in [0.15, 0.2) is 0 Å². The number of fused-ring (bicyclic) bond motifs is 1. The van der Waals surface area contributed by atoms with Crippen LogP contribution in [0, 0.1) is 6.92 Å². The number of carbonyl (C=O) groups is 1. The van der Waals surface area contributed by atoms with Gasteiger partial charge in [-0.2, -0.15) is 0 Å². The number of carbonyl (C=O) groups excluding carboxylic acids is 1. The van der Waals surface area contributed by atoms with Crippen molar-refractivity contribution in [1.82, 2.24) is 10.3 Å². The molecule has 0 radical (unpaired) electrons.